The number of hydrogen-bond acceptors (Lipinski definition) is 5. The normalized spacial score (nSPS) is 14.2. The monoisotopic (exact) mass is 339 g/mol. The maximum absolute atomic E-state index is 11.9. The third-order valence-electron chi connectivity index (χ3n) is 3.72. The van der Waals surface area contributed by atoms with Crippen molar-refractivity contribution < 1.29 is 14.4 Å². The molecule has 2 aromatic rings. The fraction of sp³-hybridized carbons (Fsp3) is 0.235. The van der Waals surface area contributed by atoms with Gasteiger partial charge in [0.15, 0.2) is 0 Å². The van der Waals surface area contributed by atoms with Crippen LogP contribution in [-0.4, -0.2) is 45.8 Å². The number of nitrogens with zero attached hydrogens (tertiary/aromatic N) is 3. The van der Waals surface area contributed by atoms with Crippen molar-refractivity contribution in [2.75, 3.05) is 13.1 Å². The molecule has 0 atom stereocenters. The maximum atomic E-state index is 11.9. The smallest absolute Gasteiger partial charge is 0.324 e. The van der Waals surface area contributed by atoms with Gasteiger partial charge < -0.3 is 10.2 Å². The Balaban J connectivity index is 1.50. The zero-order valence-corrected chi connectivity index (χ0v) is 13.4. The molecule has 2 N–H and O–H groups in total. The molecule has 0 radical (unpaired) electrons. The van der Waals surface area contributed by atoms with Gasteiger partial charge in [0.1, 0.15) is 6.54 Å². The molecule has 1 fully saturated rings. The first kappa shape index (κ1) is 16.6. The highest BCUT2D eigenvalue weighted by atomic mass is 16.2. The van der Waals surface area contributed by atoms with Crippen LogP contribution in [-0.2, 0) is 16.1 Å². The Hall–Kier alpha value is -3.29. The summed E-state index contributed by atoms with van der Waals surface area (Å²) >= 11 is 0. The van der Waals surface area contributed by atoms with E-state index in [9.17, 15) is 14.4 Å². The first-order valence-corrected chi connectivity index (χ1v) is 7.83. The van der Waals surface area contributed by atoms with Gasteiger partial charge in [-0.25, -0.2) is 4.79 Å². The predicted molar refractivity (Wildman–Crippen MR) is 89.0 cm³/mol. The SMILES string of the molecule is O=C(CN1CCC(=O)NC1=O)NCc1cnc(-c2ccccc2)cn1. The van der Waals surface area contributed by atoms with Crippen molar-refractivity contribution in [3.05, 3.63) is 48.4 Å². The van der Waals surface area contributed by atoms with Crippen LogP contribution in [0.3, 0.4) is 0 Å². The summed E-state index contributed by atoms with van der Waals surface area (Å²) in [6.45, 7) is 0.355. The molecule has 1 aliphatic heterocycles. The number of nitrogens with one attached hydrogen (secondary N) is 2. The van der Waals surface area contributed by atoms with Crippen molar-refractivity contribution in [2.24, 2.45) is 0 Å². The van der Waals surface area contributed by atoms with E-state index in [1.807, 2.05) is 30.3 Å². The molecule has 1 saturated heterocycles. The van der Waals surface area contributed by atoms with Gasteiger partial charge in [0.2, 0.25) is 11.8 Å². The summed E-state index contributed by atoms with van der Waals surface area (Å²) in [5, 5.41) is 4.87. The van der Waals surface area contributed by atoms with Crippen LogP contribution < -0.4 is 10.6 Å². The van der Waals surface area contributed by atoms with E-state index in [-0.39, 0.29) is 37.9 Å². The minimum Gasteiger partial charge on any atom is -0.349 e. The maximum Gasteiger partial charge on any atom is 0.324 e. The van der Waals surface area contributed by atoms with E-state index in [2.05, 4.69) is 20.6 Å². The van der Waals surface area contributed by atoms with Gasteiger partial charge in [0.25, 0.3) is 0 Å². The quantitative estimate of drug-likeness (QED) is 0.834. The fourth-order valence-electron chi connectivity index (χ4n) is 2.37. The minimum absolute atomic E-state index is 0.103. The Morgan fingerprint density at radius 3 is 2.64 bits per heavy atom. The molecule has 0 bridgehead atoms. The summed E-state index contributed by atoms with van der Waals surface area (Å²) in [4.78, 5) is 44.5. The Kier molecular flexibility index (Phi) is 4.98. The standard InChI is InChI=1S/C17H17N5O3/c23-15-6-7-22(17(25)21-15)11-16(24)20-9-13-8-19-14(10-18-13)12-4-2-1-3-5-12/h1-5,8,10H,6-7,9,11H2,(H,20,24)(H,21,23,25). The third kappa shape index (κ3) is 4.37. The largest absolute Gasteiger partial charge is 0.349 e. The van der Waals surface area contributed by atoms with Crippen molar-refractivity contribution in [3.8, 4) is 11.3 Å². The number of imide groups is 1. The topological polar surface area (TPSA) is 104 Å². The summed E-state index contributed by atoms with van der Waals surface area (Å²) in [5.74, 6) is -0.645. The van der Waals surface area contributed by atoms with Crippen molar-refractivity contribution in [1.82, 2.24) is 25.5 Å². The zero-order chi connectivity index (χ0) is 17.6. The summed E-state index contributed by atoms with van der Waals surface area (Å²) < 4.78 is 0. The zero-order valence-electron chi connectivity index (χ0n) is 13.4. The van der Waals surface area contributed by atoms with E-state index in [1.165, 1.54) is 4.90 Å². The highest BCUT2D eigenvalue weighted by Crippen LogP contribution is 2.14. The van der Waals surface area contributed by atoms with Crippen LogP contribution in [0.2, 0.25) is 0 Å². The molecule has 4 amide bonds. The van der Waals surface area contributed by atoms with Crippen LogP contribution in [0.15, 0.2) is 42.7 Å². The Bertz CT molecular complexity index is 777. The highest BCUT2D eigenvalue weighted by molar-refractivity contribution is 5.98. The van der Waals surface area contributed by atoms with Crippen LogP contribution in [0.1, 0.15) is 12.1 Å². The van der Waals surface area contributed by atoms with Crippen LogP contribution in [0.4, 0.5) is 4.79 Å². The van der Waals surface area contributed by atoms with E-state index in [0.717, 1.165) is 11.3 Å². The molecule has 0 aliphatic carbocycles. The first-order valence-electron chi connectivity index (χ1n) is 7.83. The van der Waals surface area contributed by atoms with E-state index in [1.54, 1.807) is 12.4 Å². The van der Waals surface area contributed by atoms with Crippen molar-refractivity contribution in [2.45, 2.75) is 13.0 Å². The second-order valence-electron chi connectivity index (χ2n) is 5.56. The summed E-state index contributed by atoms with van der Waals surface area (Å²) in [6, 6.07) is 9.13. The predicted octanol–water partition coefficient (Wildman–Crippen LogP) is 0.702. The molecular weight excluding hydrogens is 322 g/mol. The summed E-state index contributed by atoms with van der Waals surface area (Å²) in [5.41, 5.74) is 2.34. The molecule has 25 heavy (non-hydrogen) atoms. The van der Waals surface area contributed by atoms with Crippen LogP contribution >= 0.6 is 0 Å². The number of aromatic nitrogens is 2. The first-order chi connectivity index (χ1) is 12.1. The lowest BCUT2D eigenvalue weighted by atomic mass is 10.2. The lowest BCUT2D eigenvalue weighted by Gasteiger charge is -2.25. The Labute approximate surface area is 144 Å². The molecule has 3 rings (SSSR count). The molecule has 0 unspecified atom stereocenters. The number of urea groups is 1. The lowest BCUT2D eigenvalue weighted by molar-refractivity contribution is -0.125. The van der Waals surface area contributed by atoms with Crippen LogP contribution in [0.5, 0.6) is 0 Å². The van der Waals surface area contributed by atoms with Crippen LogP contribution in [0, 0.1) is 0 Å². The van der Waals surface area contributed by atoms with Crippen molar-refractivity contribution >= 4 is 17.8 Å². The molecule has 2 heterocycles. The number of benzene rings is 1. The van der Waals surface area contributed by atoms with Gasteiger partial charge in [-0.05, 0) is 0 Å². The molecule has 0 saturated carbocycles. The minimum atomic E-state index is -0.543. The van der Waals surface area contributed by atoms with Gasteiger partial charge in [-0.15, -0.1) is 0 Å². The summed E-state index contributed by atoms with van der Waals surface area (Å²) in [7, 11) is 0. The average Bonchev–Trinajstić information content (AvgIpc) is 2.63. The fourth-order valence-corrected chi connectivity index (χ4v) is 2.37. The Morgan fingerprint density at radius 1 is 1.16 bits per heavy atom. The van der Waals surface area contributed by atoms with Gasteiger partial charge in [-0.3, -0.25) is 24.9 Å². The average molecular weight is 339 g/mol. The lowest BCUT2D eigenvalue weighted by Crippen LogP contribution is -2.52. The van der Waals surface area contributed by atoms with Gasteiger partial charge in [0.05, 0.1) is 30.3 Å². The van der Waals surface area contributed by atoms with E-state index < -0.39 is 6.03 Å². The van der Waals surface area contributed by atoms with E-state index in [4.69, 9.17) is 0 Å². The van der Waals surface area contributed by atoms with Crippen molar-refractivity contribution in [3.63, 3.8) is 0 Å². The number of rotatable bonds is 5. The van der Waals surface area contributed by atoms with Crippen LogP contribution in [0.25, 0.3) is 11.3 Å². The second kappa shape index (κ2) is 7.52. The van der Waals surface area contributed by atoms with Gasteiger partial charge >= 0.3 is 6.03 Å². The Morgan fingerprint density at radius 2 is 1.96 bits per heavy atom. The number of carbonyl (C=O) groups excluding carboxylic acids is 3. The molecule has 1 aliphatic rings. The number of carbonyl (C=O) groups is 3. The highest BCUT2D eigenvalue weighted by Gasteiger charge is 2.24. The van der Waals surface area contributed by atoms with E-state index >= 15 is 0 Å². The molecular formula is C17H17N5O3. The molecule has 8 heteroatoms. The molecule has 0 spiro atoms. The van der Waals surface area contributed by atoms with Gasteiger partial charge in [-0.1, -0.05) is 30.3 Å². The molecule has 1 aromatic heterocycles. The molecule has 8 nitrogen and oxygen atoms in total. The molecule has 128 valence electrons. The van der Waals surface area contributed by atoms with Gasteiger partial charge in [-0.2, -0.15) is 0 Å². The van der Waals surface area contributed by atoms with E-state index in [0.29, 0.717) is 5.69 Å². The van der Waals surface area contributed by atoms with Crippen molar-refractivity contribution in [1.29, 1.82) is 0 Å². The van der Waals surface area contributed by atoms with Gasteiger partial charge in [0, 0.05) is 18.5 Å². The number of hydrogen-bond donors (Lipinski definition) is 2. The molecule has 1 aromatic carbocycles. The summed E-state index contributed by atoms with van der Waals surface area (Å²) in [6.07, 6.45) is 3.46. The second-order valence-corrected chi connectivity index (χ2v) is 5.56. The number of amides is 4. The third-order valence-corrected chi connectivity index (χ3v) is 3.72.